The van der Waals surface area contributed by atoms with Crippen LogP contribution in [0.3, 0.4) is 0 Å². The molecule has 0 radical (unpaired) electrons. The highest BCUT2D eigenvalue weighted by Gasteiger charge is 2.01. The van der Waals surface area contributed by atoms with E-state index >= 15 is 0 Å². The molecule has 0 amide bonds. The van der Waals surface area contributed by atoms with Crippen molar-refractivity contribution in [1.29, 1.82) is 0 Å². The summed E-state index contributed by atoms with van der Waals surface area (Å²) in [4.78, 5) is 0. The summed E-state index contributed by atoms with van der Waals surface area (Å²) >= 11 is 0. The fourth-order valence-electron chi connectivity index (χ4n) is 1.35. The molecule has 0 aliphatic heterocycles. The quantitative estimate of drug-likeness (QED) is 0.721. The highest BCUT2D eigenvalue weighted by molar-refractivity contribution is 5.60. The van der Waals surface area contributed by atoms with Crippen molar-refractivity contribution in [3.05, 3.63) is 36.5 Å². The topological polar surface area (TPSA) is 27.1 Å². The lowest BCUT2D eigenvalue weighted by atomic mass is 10.1. The first-order valence-corrected chi connectivity index (χ1v) is 4.43. The summed E-state index contributed by atoms with van der Waals surface area (Å²) in [5.41, 5.74) is 2.04. The number of ether oxygens (including phenoxy) is 1. The number of rotatable bonds is 2. The predicted octanol–water partition coefficient (Wildman–Crippen LogP) is 2.10. The van der Waals surface area contributed by atoms with E-state index in [1.807, 2.05) is 43.6 Å². The first kappa shape index (κ1) is 8.81. The Balaban J connectivity index is 2.41. The molecule has 2 rings (SSSR count). The Bertz CT molecular complexity index is 434. The molecule has 0 saturated heterocycles. The van der Waals surface area contributed by atoms with Gasteiger partial charge in [-0.05, 0) is 18.2 Å². The molecule has 14 heavy (non-hydrogen) atoms. The maximum absolute atomic E-state index is 5.15. The first-order valence-electron chi connectivity index (χ1n) is 4.43. The maximum Gasteiger partial charge on any atom is 0.119 e. The third-order valence-electron chi connectivity index (χ3n) is 2.08. The SMILES string of the molecule is COc1cccc(-c2ccn(C)n2)c1. The van der Waals surface area contributed by atoms with Crippen LogP contribution in [0.5, 0.6) is 5.75 Å². The summed E-state index contributed by atoms with van der Waals surface area (Å²) in [6, 6.07) is 9.86. The number of hydrogen-bond acceptors (Lipinski definition) is 2. The van der Waals surface area contributed by atoms with Gasteiger partial charge >= 0.3 is 0 Å². The normalized spacial score (nSPS) is 10.1. The van der Waals surface area contributed by atoms with Crippen LogP contribution in [0.2, 0.25) is 0 Å². The average molecular weight is 188 g/mol. The van der Waals surface area contributed by atoms with Gasteiger partial charge in [0.25, 0.3) is 0 Å². The summed E-state index contributed by atoms with van der Waals surface area (Å²) in [7, 11) is 3.57. The maximum atomic E-state index is 5.15. The van der Waals surface area contributed by atoms with E-state index in [9.17, 15) is 0 Å². The Morgan fingerprint density at radius 2 is 2.14 bits per heavy atom. The molecule has 3 heteroatoms. The van der Waals surface area contributed by atoms with Gasteiger partial charge in [0.05, 0.1) is 12.8 Å². The van der Waals surface area contributed by atoms with E-state index in [1.165, 1.54) is 0 Å². The summed E-state index contributed by atoms with van der Waals surface area (Å²) in [5.74, 6) is 0.855. The number of aromatic nitrogens is 2. The van der Waals surface area contributed by atoms with Gasteiger partial charge in [-0.1, -0.05) is 12.1 Å². The van der Waals surface area contributed by atoms with Crippen molar-refractivity contribution in [2.24, 2.45) is 7.05 Å². The minimum Gasteiger partial charge on any atom is -0.497 e. The molecule has 0 spiro atoms. The van der Waals surface area contributed by atoms with E-state index < -0.39 is 0 Å². The molecule has 1 heterocycles. The molecule has 2 aromatic rings. The number of aryl methyl sites for hydroxylation is 1. The largest absolute Gasteiger partial charge is 0.497 e. The lowest BCUT2D eigenvalue weighted by molar-refractivity contribution is 0.415. The Kier molecular flexibility index (Phi) is 2.23. The summed E-state index contributed by atoms with van der Waals surface area (Å²) < 4.78 is 6.94. The Hall–Kier alpha value is -1.77. The van der Waals surface area contributed by atoms with Crippen LogP contribution in [0.1, 0.15) is 0 Å². The molecule has 72 valence electrons. The van der Waals surface area contributed by atoms with Gasteiger partial charge in [0.2, 0.25) is 0 Å². The predicted molar refractivity (Wildman–Crippen MR) is 55.2 cm³/mol. The van der Waals surface area contributed by atoms with Crippen molar-refractivity contribution in [3.63, 3.8) is 0 Å². The van der Waals surface area contributed by atoms with E-state index in [0.29, 0.717) is 0 Å². The molecule has 0 fully saturated rings. The molecule has 0 aliphatic rings. The fourth-order valence-corrected chi connectivity index (χ4v) is 1.35. The molecule has 0 atom stereocenters. The zero-order chi connectivity index (χ0) is 9.97. The standard InChI is InChI=1S/C11H12N2O/c1-13-7-6-11(12-13)9-4-3-5-10(8-9)14-2/h3-8H,1-2H3. The van der Waals surface area contributed by atoms with Crippen molar-refractivity contribution in [1.82, 2.24) is 9.78 Å². The molecule has 0 N–H and O–H groups in total. The summed E-state index contributed by atoms with van der Waals surface area (Å²) in [6.45, 7) is 0. The fraction of sp³-hybridized carbons (Fsp3) is 0.182. The minimum absolute atomic E-state index is 0.855. The van der Waals surface area contributed by atoms with E-state index in [2.05, 4.69) is 5.10 Å². The molecule has 1 aromatic heterocycles. The highest BCUT2D eigenvalue weighted by Crippen LogP contribution is 2.21. The molecule has 3 nitrogen and oxygen atoms in total. The van der Waals surface area contributed by atoms with E-state index in [0.717, 1.165) is 17.0 Å². The van der Waals surface area contributed by atoms with Crippen LogP contribution in [0.4, 0.5) is 0 Å². The van der Waals surface area contributed by atoms with E-state index in [-0.39, 0.29) is 0 Å². The molecule has 0 bridgehead atoms. The van der Waals surface area contributed by atoms with Crippen molar-refractivity contribution in [3.8, 4) is 17.0 Å². The second kappa shape index (κ2) is 3.54. The Morgan fingerprint density at radius 3 is 2.79 bits per heavy atom. The van der Waals surface area contributed by atoms with Crippen molar-refractivity contribution >= 4 is 0 Å². The van der Waals surface area contributed by atoms with Crippen LogP contribution in [0.25, 0.3) is 11.3 Å². The molecular weight excluding hydrogens is 176 g/mol. The van der Waals surface area contributed by atoms with Gasteiger partial charge in [0.1, 0.15) is 5.75 Å². The third kappa shape index (κ3) is 1.62. The molecule has 1 aromatic carbocycles. The minimum atomic E-state index is 0.855. The van der Waals surface area contributed by atoms with Gasteiger partial charge in [0.15, 0.2) is 0 Å². The second-order valence-corrected chi connectivity index (χ2v) is 3.11. The Morgan fingerprint density at radius 1 is 1.29 bits per heavy atom. The van der Waals surface area contributed by atoms with Gasteiger partial charge in [-0.25, -0.2) is 0 Å². The average Bonchev–Trinajstić information content (AvgIpc) is 2.65. The Labute approximate surface area is 82.9 Å². The number of nitrogens with zero attached hydrogens (tertiary/aromatic N) is 2. The van der Waals surface area contributed by atoms with Crippen molar-refractivity contribution in [2.75, 3.05) is 7.11 Å². The molecule has 0 unspecified atom stereocenters. The molecule has 0 saturated carbocycles. The molecular formula is C11H12N2O. The third-order valence-corrected chi connectivity index (χ3v) is 2.08. The van der Waals surface area contributed by atoms with Crippen molar-refractivity contribution in [2.45, 2.75) is 0 Å². The van der Waals surface area contributed by atoms with Crippen molar-refractivity contribution < 1.29 is 4.74 Å². The van der Waals surface area contributed by atoms with Gasteiger partial charge in [-0.3, -0.25) is 4.68 Å². The van der Waals surface area contributed by atoms with Crippen LogP contribution >= 0.6 is 0 Å². The van der Waals surface area contributed by atoms with Crippen LogP contribution in [-0.2, 0) is 7.05 Å². The van der Waals surface area contributed by atoms with Crippen LogP contribution < -0.4 is 4.74 Å². The number of benzene rings is 1. The van der Waals surface area contributed by atoms with Crippen LogP contribution in [0.15, 0.2) is 36.5 Å². The first-order chi connectivity index (χ1) is 6.79. The zero-order valence-corrected chi connectivity index (χ0v) is 8.27. The van der Waals surface area contributed by atoms with Gasteiger partial charge < -0.3 is 4.74 Å². The summed E-state index contributed by atoms with van der Waals surface area (Å²) in [5, 5.41) is 4.32. The molecule has 0 aliphatic carbocycles. The zero-order valence-electron chi connectivity index (χ0n) is 8.27. The van der Waals surface area contributed by atoms with Gasteiger partial charge in [-0.2, -0.15) is 5.10 Å². The van der Waals surface area contributed by atoms with E-state index in [1.54, 1.807) is 11.8 Å². The highest BCUT2D eigenvalue weighted by atomic mass is 16.5. The van der Waals surface area contributed by atoms with E-state index in [4.69, 9.17) is 4.74 Å². The smallest absolute Gasteiger partial charge is 0.119 e. The van der Waals surface area contributed by atoms with Gasteiger partial charge in [-0.15, -0.1) is 0 Å². The monoisotopic (exact) mass is 188 g/mol. The lowest BCUT2D eigenvalue weighted by Gasteiger charge is -2.01. The van der Waals surface area contributed by atoms with Gasteiger partial charge in [0, 0.05) is 18.8 Å². The lowest BCUT2D eigenvalue weighted by Crippen LogP contribution is -1.88. The number of hydrogen-bond donors (Lipinski definition) is 0. The number of methoxy groups -OCH3 is 1. The second-order valence-electron chi connectivity index (χ2n) is 3.11. The summed E-state index contributed by atoms with van der Waals surface area (Å²) in [6.07, 6.45) is 1.93. The van der Waals surface area contributed by atoms with Crippen LogP contribution in [-0.4, -0.2) is 16.9 Å². The van der Waals surface area contributed by atoms with Crippen LogP contribution in [0, 0.1) is 0 Å².